The van der Waals surface area contributed by atoms with Crippen molar-refractivity contribution < 1.29 is 9.59 Å². The minimum absolute atomic E-state index is 0.0274. The summed E-state index contributed by atoms with van der Waals surface area (Å²) >= 11 is 0. The molecule has 1 aromatic rings. The van der Waals surface area contributed by atoms with Crippen LogP contribution in [0.5, 0.6) is 0 Å². The molecule has 0 spiro atoms. The van der Waals surface area contributed by atoms with Gasteiger partial charge in [-0.25, -0.2) is 0 Å². The first-order chi connectivity index (χ1) is 9.29. The summed E-state index contributed by atoms with van der Waals surface area (Å²) in [6.07, 6.45) is 1.31. The molecule has 2 amide bonds. The van der Waals surface area contributed by atoms with Crippen molar-refractivity contribution in [3.8, 4) is 0 Å². The number of nitrogens with one attached hydrogen (secondary N) is 3. The Kier molecular flexibility index (Phi) is 5.42. The minimum atomic E-state index is -0.354. The van der Waals surface area contributed by atoms with Gasteiger partial charge in [-0.2, -0.15) is 4.98 Å². The minimum Gasteiger partial charge on any atom is -0.310 e. The van der Waals surface area contributed by atoms with Gasteiger partial charge in [0.05, 0.1) is 5.56 Å². The van der Waals surface area contributed by atoms with Crippen LogP contribution in [0, 0.1) is 5.92 Å². The van der Waals surface area contributed by atoms with Gasteiger partial charge in [-0.3, -0.25) is 24.7 Å². The Morgan fingerprint density at radius 2 is 1.80 bits per heavy atom. The fourth-order valence-corrected chi connectivity index (χ4v) is 1.66. The van der Waals surface area contributed by atoms with Crippen molar-refractivity contribution in [3.63, 3.8) is 0 Å². The highest BCUT2D eigenvalue weighted by Gasteiger charge is 2.13. The molecule has 0 atom stereocenters. The average Bonchev–Trinajstić information content (AvgIpc) is 2.25. The maximum Gasteiger partial charge on any atom is 0.257 e. The molecule has 110 valence electrons. The van der Waals surface area contributed by atoms with E-state index in [4.69, 9.17) is 0 Å². The van der Waals surface area contributed by atoms with Crippen LogP contribution in [0.2, 0.25) is 0 Å². The van der Waals surface area contributed by atoms with E-state index >= 15 is 0 Å². The predicted octanol–water partition coefficient (Wildman–Crippen LogP) is 1.28. The van der Waals surface area contributed by atoms with E-state index in [1.807, 2.05) is 13.8 Å². The summed E-state index contributed by atoms with van der Waals surface area (Å²) < 4.78 is 0. The molecule has 0 saturated heterocycles. The smallest absolute Gasteiger partial charge is 0.257 e. The van der Waals surface area contributed by atoms with Gasteiger partial charge in [0.15, 0.2) is 0 Å². The summed E-state index contributed by atoms with van der Waals surface area (Å²) in [5.41, 5.74) is 0.0659. The van der Waals surface area contributed by atoms with Crippen LogP contribution < -0.4 is 16.2 Å². The molecule has 0 bridgehead atoms. The number of anilines is 2. The molecule has 0 aromatic carbocycles. The number of hydrogen-bond acceptors (Lipinski definition) is 4. The van der Waals surface area contributed by atoms with Crippen LogP contribution in [-0.2, 0) is 16.0 Å². The zero-order valence-corrected chi connectivity index (χ0v) is 12.2. The molecule has 1 heterocycles. The third-order valence-corrected chi connectivity index (χ3v) is 2.58. The number of rotatable bonds is 5. The van der Waals surface area contributed by atoms with Gasteiger partial charge in [0, 0.05) is 13.8 Å². The van der Waals surface area contributed by atoms with E-state index in [1.54, 1.807) is 0 Å². The van der Waals surface area contributed by atoms with E-state index in [0.717, 1.165) is 6.42 Å². The summed E-state index contributed by atoms with van der Waals surface area (Å²) in [6.45, 7) is 6.74. The highest BCUT2D eigenvalue weighted by atomic mass is 16.2. The molecule has 1 aromatic heterocycles. The molecule has 0 fully saturated rings. The van der Waals surface area contributed by atoms with Gasteiger partial charge in [0.25, 0.3) is 5.56 Å². The number of carbonyl (C=O) groups excluding carboxylic acids is 2. The third-order valence-electron chi connectivity index (χ3n) is 2.58. The number of H-pyrrole nitrogens is 1. The topological polar surface area (TPSA) is 104 Å². The molecule has 7 heteroatoms. The van der Waals surface area contributed by atoms with Crippen LogP contribution in [0.15, 0.2) is 4.79 Å². The second kappa shape index (κ2) is 6.83. The highest BCUT2D eigenvalue weighted by Crippen LogP contribution is 2.14. The normalized spacial score (nSPS) is 10.4. The first-order valence-electron chi connectivity index (χ1n) is 6.48. The van der Waals surface area contributed by atoms with Gasteiger partial charge < -0.3 is 5.32 Å². The molecule has 0 saturated carbocycles. The molecule has 3 N–H and O–H groups in total. The van der Waals surface area contributed by atoms with Crippen LogP contribution in [0.1, 0.15) is 39.7 Å². The third kappa shape index (κ3) is 4.83. The van der Waals surface area contributed by atoms with Crippen LogP contribution in [0.3, 0.4) is 0 Å². The summed E-state index contributed by atoms with van der Waals surface area (Å²) in [5.74, 6) is -0.0145. The quantitative estimate of drug-likeness (QED) is 0.755. The van der Waals surface area contributed by atoms with Crippen molar-refractivity contribution in [3.05, 3.63) is 15.9 Å². The molecule has 20 heavy (non-hydrogen) atoms. The maximum absolute atomic E-state index is 12.0. The Labute approximate surface area is 117 Å². The lowest BCUT2D eigenvalue weighted by atomic mass is 10.0. The van der Waals surface area contributed by atoms with Gasteiger partial charge in [0.2, 0.25) is 17.8 Å². The van der Waals surface area contributed by atoms with Crippen molar-refractivity contribution in [2.75, 3.05) is 10.6 Å². The molecular weight excluding hydrogens is 260 g/mol. The Hall–Kier alpha value is -2.18. The first kappa shape index (κ1) is 15.9. The van der Waals surface area contributed by atoms with Crippen molar-refractivity contribution in [2.24, 2.45) is 5.92 Å². The van der Waals surface area contributed by atoms with Crippen molar-refractivity contribution >= 4 is 23.6 Å². The Bertz CT molecular complexity index is 563. The zero-order chi connectivity index (χ0) is 15.3. The molecular formula is C13H20N4O3. The predicted molar refractivity (Wildman–Crippen MR) is 76.6 cm³/mol. The van der Waals surface area contributed by atoms with Crippen LogP contribution >= 0.6 is 0 Å². The average molecular weight is 280 g/mol. The SMILES string of the molecule is CC(=O)Nc1nc(NC(C)=O)c(CCC(C)C)c(=O)[nH]1. The Morgan fingerprint density at radius 3 is 2.30 bits per heavy atom. The molecule has 0 aliphatic rings. The van der Waals surface area contributed by atoms with E-state index in [2.05, 4.69) is 20.6 Å². The standard InChI is InChI=1S/C13H20N4O3/c1-7(2)5-6-10-11(14-8(3)18)16-13(15-9(4)19)17-12(10)20/h7H,5-6H2,1-4H3,(H3,14,15,16,17,18,19,20). The van der Waals surface area contributed by atoms with Gasteiger partial charge in [0.1, 0.15) is 5.82 Å². The van der Waals surface area contributed by atoms with Crippen LogP contribution in [0.25, 0.3) is 0 Å². The number of aromatic nitrogens is 2. The van der Waals surface area contributed by atoms with Crippen molar-refractivity contribution in [2.45, 2.75) is 40.5 Å². The molecule has 0 radical (unpaired) electrons. The summed E-state index contributed by atoms with van der Waals surface area (Å²) in [7, 11) is 0. The first-order valence-corrected chi connectivity index (χ1v) is 6.48. The van der Waals surface area contributed by atoms with Gasteiger partial charge in [-0.1, -0.05) is 13.8 Å². The molecule has 7 nitrogen and oxygen atoms in total. The number of amides is 2. The van der Waals surface area contributed by atoms with E-state index in [-0.39, 0.29) is 29.1 Å². The largest absolute Gasteiger partial charge is 0.310 e. The molecule has 1 rings (SSSR count). The van der Waals surface area contributed by atoms with Crippen molar-refractivity contribution in [1.29, 1.82) is 0 Å². The summed E-state index contributed by atoms with van der Waals surface area (Å²) in [4.78, 5) is 40.8. The van der Waals surface area contributed by atoms with Crippen LogP contribution in [-0.4, -0.2) is 21.8 Å². The van der Waals surface area contributed by atoms with Gasteiger partial charge in [-0.15, -0.1) is 0 Å². The van der Waals surface area contributed by atoms with E-state index in [0.29, 0.717) is 17.9 Å². The lowest BCUT2D eigenvalue weighted by molar-refractivity contribution is -0.115. The number of hydrogen-bond donors (Lipinski definition) is 3. The zero-order valence-electron chi connectivity index (χ0n) is 12.2. The Balaban J connectivity index is 3.16. The fraction of sp³-hybridized carbons (Fsp3) is 0.538. The number of carbonyl (C=O) groups is 2. The molecule has 0 unspecified atom stereocenters. The van der Waals surface area contributed by atoms with E-state index in [9.17, 15) is 14.4 Å². The monoisotopic (exact) mass is 280 g/mol. The van der Waals surface area contributed by atoms with E-state index < -0.39 is 0 Å². The maximum atomic E-state index is 12.0. The second-order valence-electron chi connectivity index (χ2n) is 5.04. The van der Waals surface area contributed by atoms with Gasteiger partial charge >= 0.3 is 0 Å². The number of nitrogens with zero attached hydrogens (tertiary/aromatic N) is 1. The molecule has 0 aliphatic carbocycles. The lowest BCUT2D eigenvalue weighted by Crippen LogP contribution is -2.23. The van der Waals surface area contributed by atoms with E-state index in [1.165, 1.54) is 13.8 Å². The number of aromatic amines is 1. The summed E-state index contributed by atoms with van der Waals surface area (Å²) in [5, 5.41) is 4.92. The second-order valence-corrected chi connectivity index (χ2v) is 5.04. The van der Waals surface area contributed by atoms with Crippen molar-refractivity contribution in [1.82, 2.24) is 9.97 Å². The highest BCUT2D eigenvalue weighted by molar-refractivity contribution is 5.89. The Morgan fingerprint density at radius 1 is 1.20 bits per heavy atom. The van der Waals surface area contributed by atoms with Gasteiger partial charge in [-0.05, 0) is 18.8 Å². The summed E-state index contributed by atoms with van der Waals surface area (Å²) in [6, 6.07) is 0. The van der Waals surface area contributed by atoms with Crippen LogP contribution in [0.4, 0.5) is 11.8 Å². The lowest BCUT2D eigenvalue weighted by Gasteiger charge is -2.11. The molecule has 0 aliphatic heterocycles. The fourth-order valence-electron chi connectivity index (χ4n) is 1.66.